The molecule has 94 valence electrons. The molecule has 1 nitrogen and oxygen atoms in total. The fraction of sp³-hybridized carbons (Fsp3) is 0.467. The zero-order chi connectivity index (χ0) is 12.7. The Morgan fingerprint density at radius 2 is 1.59 bits per heavy atom. The number of para-hydroxylation sites is 1. The van der Waals surface area contributed by atoms with Crippen molar-refractivity contribution >= 4 is 13.9 Å². The molecule has 0 aliphatic heterocycles. The first-order chi connectivity index (χ1) is 8.24. The molecule has 0 saturated heterocycles. The Bertz CT molecular complexity index is 322. The van der Waals surface area contributed by atoms with E-state index in [0.717, 1.165) is 6.54 Å². The molecule has 0 heterocycles. The maximum absolute atomic E-state index is 3.92. The molecule has 17 heavy (non-hydrogen) atoms. The van der Waals surface area contributed by atoms with E-state index in [1.807, 2.05) is 6.08 Å². The Hall–Kier alpha value is -1.02. The number of benzene rings is 1. The Labute approximate surface area is 107 Å². The molecule has 0 aliphatic rings. The highest BCUT2D eigenvalue weighted by molar-refractivity contribution is 6.83. The van der Waals surface area contributed by atoms with Crippen molar-refractivity contribution in [3.05, 3.63) is 43.0 Å². The van der Waals surface area contributed by atoms with Gasteiger partial charge in [-0.25, -0.2) is 0 Å². The molecule has 1 rings (SSSR count). The summed E-state index contributed by atoms with van der Waals surface area (Å²) in [5, 5.41) is 0. The second kappa shape index (κ2) is 6.65. The summed E-state index contributed by atoms with van der Waals surface area (Å²) >= 11 is 0. The number of rotatable bonds is 7. The van der Waals surface area contributed by atoms with Gasteiger partial charge in [0.25, 0.3) is 0 Å². The molecule has 0 amide bonds. The van der Waals surface area contributed by atoms with Crippen LogP contribution in [0.1, 0.15) is 20.8 Å². The third-order valence-corrected chi connectivity index (χ3v) is 9.46. The average molecular weight is 247 g/mol. The van der Waals surface area contributed by atoms with Crippen molar-refractivity contribution in [3.8, 4) is 0 Å². The lowest BCUT2D eigenvalue weighted by Gasteiger charge is -2.42. The molecule has 0 N–H and O–H groups in total. The highest BCUT2D eigenvalue weighted by Crippen LogP contribution is 2.30. The standard InChI is InChI=1S/C15H25NSi/c1-5-14-16(15-12-10-9-11-13-15)17(6-2,7-3)8-4/h5,9-13H,1,6-8,14H2,2-4H3. The Morgan fingerprint density at radius 1 is 1.06 bits per heavy atom. The van der Waals surface area contributed by atoms with Gasteiger partial charge in [0.2, 0.25) is 0 Å². The molecule has 1 aromatic carbocycles. The van der Waals surface area contributed by atoms with E-state index < -0.39 is 8.24 Å². The zero-order valence-electron chi connectivity index (χ0n) is 11.4. The van der Waals surface area contributed by atoms with E-state index in [1.165, 1.54) is 23.8 Å². The molecule has 0 aliphatic carbocycles. The topological polar surface area (TPSA) is 3.24 Å². The van der Waals surface area contributed by atoms with Gasteiger partial charge in [0, 0.05) is 12.2 Å². The summed E-state index contributed by atoms with van der Waals surface area (Å²) in [5.41, 5.74) is 1.37. The van der Waals surface area contributed by atoms with Crippen LogP contribution in [0.25, 0.3) is 0 Å². The quantitative estimate of drug-likeness (QED) is 0.499. The fourth-order valence-electron chi connectivity index (χ4n) is 2.63. The van der Waals surface area contributed by atoms with Gasteiger partial charge >= 0.3 is 0 Å². The van der Waals surface area contributed by atoms with E-state index in [4.69, 9.17) is 0 Å². The van der Waals surface area contributed by atoms with Crippen molar-refractivity contribution in [2.75, 3.05) is 11.1 Å². The first kappa shape index (κ1) is 14.0. The predicted octanol–water partition coefficient (Wildman–Crippen LogP) is 4.68. The summed E-state index contributed by atoms with van der Waals surface area (Å²) in [6, 6.07) is 14.7. The van der Waals surface area contributed by atoms with Crippen molar-refractivity contribution in [1.82, 2.24) is 0 Å². The summed E-state index contributed by atoms with van der Waals surface area (Å²) < 4.78 is 2.64. The van der Waals surface area contributed by atoms with E-state index >= 15 is 0 Å². The highest BCUT2D eigenvalue weighted by atomic mass is 28.3. The minimum Gasteiger partial charge on any atom is -0.394 e. The minimum absolute atomic E-state index is 0.978. The van der Waals surface area contributed by atoms with Gasteiger partial charge in [-0.15, -0.1) is 6.58 Å². The van der Waals surface area contributed by atoms with Crippen LogP contribution in [-0.2, 0) is 0 Å². The second-order valence-electron chi connectivity index (χ2n) is 4.52. The molecule has 0 atom stereocenters. The van der Waals surface area contributed by atoms with E-state index in [0.29, 0.717) is 0 Å². The number of hydrogen-bond donors (Lipinski definition) is 0. The van der Waals surface area contributed by atoms with Gasteiger partial charge in [-0.3, -0.25) is 0 Å². The number of nitrogens with zero attached hydrogens (tertiary/aromatic N) is 1. The van der Waals surface area contributed by atoms with Crippen LogP contribution in [-0.4, -0.2) is 14.8 Å². The molecule has 0 bridgehead atoms. The minimum atomic E-state index is -1.35. The molecule has 0 fully saturated rings. The third-order valence-electron chi connectivity index (χ3n) is 3.93. The highest BCUT2D eigenvalue weighted by Gasteiger charge is 2.34. The van der Waals surface area contributed by atoms with Gasteiger partial charge < -0.3 is 4.57 Å². The molecular weight excluding hydrogens is 222 g/mol. The Kier molecular flexibility index (Phi) is 5.49. The van der Waals surface area contributed by atoms with Crippen molar-refractivity contribution in [1.29, 1.82) is 0 Å². The van der Waals surface area contributed by atoms with Crippen LogP contribution in [0.3, 0.4) is 0 Å². The molecule has 0 unspecified atom stereocenters. The molecule has 2 heteroatoms. The Balaban J connectivity index is 3.11. The monoisotopic (exact) mass is 247 g/mol. The van der Waals surface area contributed by atoms with Crippen LogP contribution < -0.4 is 4.57 Å². The maximum Gasteiger partial charge on any atom is 0.156 e. The van der Waals surface area contributed by atoms with Gasteiger partial charge in [-0.2, -0.15) is 0 Å². The van der Waals surface area contributed by atoms with Crippen molar-refractivity contribution < 1.29 is 0 Å². The first-order valence-corrected chi connectivity index (χ1v) is 9.24. The predicted molar refractivity (Wildman–Crippen MR) is 81.2 cm³/mol. The lowest BCUT2D eigenvalue weighted by molar-refractivity contribution is 1.03. The smallest absolute Gasteiger partial charge is 0.156 e. The summed E-state index contributed by atoms with van der Waals surface area (Å²) in [6.45, 7) is 11.9. The van der Waals surface area contributed by atoms with E-state index in [-0.39, 0.29) is 0 Å². The molecule has 0 aromatic heterocycles. The lowest BCUT2D eigenvalue weighted by Crippen LogP contribution is -2.52. The number of hydrogen-bond acceptors (Lipinski definition) is 1. The van der Waals surface area contributed by atoms with Gasteiger partial charge in [-0.1, -0.05) is 45.0 Å². The van der Waals surface area contributed by atoms with Crippen molar-refractivity contribution in [2.45, 2.75) is 38.9 Å². The molecule has 1 aromatic rings. The SMILES string of the molecule is C=CCN(c1ccccc1)[Si](CC)(CC)CC. The molecule has 0 saturated carbocycles. The van der Waals surface area contributed by atoms with Crippen LogP contribution in [0.4, 0.5) is 5.69 Å². The summed E-state index contributed by atoms with van der Waals surface area (Å²) in [6.07, 6.45) is 2.04. The van der Waals surface area contributed by atoms with E-state index in [2.05, 4.69) is 62.2 Å². The normalized spacial score (nSPS) is 11.2. The fourth-order valence-corrected chi connectivity index (χ4v) is 6.49. The van der Waals surface area contributed by atoms with Crippen LogP contribution >= 0.6 is 0 Å². The summed E-state index contributed by atoms with van der Waals surface area (Å²) in [5.74, 6) is 0. The van der Waals surface area contributed by atoms with Gasteiger partial charge in [-0.05, 0) is 30.3 Å². The zero-order valence-corrected chi connectivity index (χ0v) is 12.4. The second-order valence-corrected chi connectivity index (χ2v) is 9.63. The maximum atomic E-state index is 3.92. The summed E-state index contributed by atoms with van der Waals surface area (Å²) in [7, 11) is -1.35. The third kappa shape index (κ3) is 3.00. The lowest BCUT2D eigenvalue weighted by atomic mass is 10.3. The number of anilines is 1. The van der Waals surface area contributed by atoms with Gasteiger partial charge in [0.1, 0.15) is 0 Å². The molecular formula is C15H25NSi. The first-order valence-electron chi connectivity index (χ1n) is 6.67. The van der Waals surface area contributed by atoms with Crippen LogP contribution in [0.2, 0.25) is 18.1 Å². The largest absolute Gasteiger partial charge is 0.394 e. The average Bonchev–Trinajstić information content (AvgIpc) is 2.41. The van der Waals surface area contributed by atoms with Gasteiger partial charge in [0.05, 0.1) is 0 Å². The summed E-state index contributed by atoms with van der Waals surface area (Å²) in [4.78, 5) is 0. The molecule has 0 spiro atoms. The van der Waals surface area contributed by atoms with Gasteiger partial charge in [0.15, 0.2) is 8.24 Å². The van der Waals surface area contributed by atoms with Crippen molar-refractivity contribution in [2.24, 2.45) is 0 Å². The Morgan fingerprint density at radius 3 is 2.00 bits per heavy atom. The van der Waals surface area contributed by atoms with Crippen molar-refractivity contribution in [3.63, 3.8) is 0 Å². The van der Waals surface area contributed by atoms with Crippen LogP contribution in [0.15, 0.2) is 43.0 Å². The van der Waals surface area contributed by atoms with Crippen LogP contribution in [0, 0.1) is 0 Å². The molecule has 0 radical (unpaired) electrons. The van der Waals surface area contributed by atoms with E-state index in [1.54, 1.807) is 0 Å². The van der Waals surface area contributed by atoms with Crippen LogP contribution in [0.5, 0.6) is 0 Å². The van der Waals surface area contributed by atoms with E-state index in [9.17, 15) is 0 Å².